The standard InChI is InChI=1S/C18H21FN4/c19-15-6-4-14(5-7-15)18(9-10-18)13-23-17(20)22-12-8-16-3-1-2-11-21-16/h1-7,11H,8-10,12-13H2,(H3,20,22,23). The van der Waals surface area contributed by atoms with Crippen molar-refractivity contribution in [3.8, 4) is 0 Å². The molecule has 1 aromatic carbocycles. The van der Waals surface area contributed by atoms with Crippen LogP contribution in [-0.2, 0) is 11.8 Å². The van der Waals surface area contributed by atoms with E-state index in [-0.39, 0.29) is 11.2 Å². The molecule has 0 saturated heterocycles. The first-order chi connectivity index (χ1) is 11.2. The zero-order valence-electron chi connectivity index (χ0n) is 13.0. The lowest BCUT2D eigenvalue weighted by atomic mass is 9.96. The molecule has 0 amide bonds. The summed E-state index contributed by atoms with van der Waals surface area (Å²) < 4.78 is 13.0. The molecule has 0 bridgehead atoms. The van der Waals surface area contributed by atoms with Gasteiger partial charge in [-0.15, -0.1) is 0 Å². The van der Waals surface area contributed by atoms with Crippen molar-refractivity contribution >= 4 is 5.96 Å². The first kappa shape index (κ1) is 15.5. The van der Waals surface area contributed by atoms with E-state index >= 15 is 0 Å². The molecule has 2 aromatic rings. The number of nitrogens with two attached hydrogens (primary N) is 1. The van der Waals surface area contributed by atoms with Crippen LogP contribution in [0.5, 0.6) is 0 Å². The van der Waals surface area contributed by atoms with Crippen LogP contribution in [0.1, 0.15) is 24.1 Å². The molecule has 1 fully saturated rings. The summed E-state index contributed by atoms with van der Waals surface area (Å²) in [6, 6.07) is 12.6. The molecule has 23 heavy (non-hydrogen) atoms. The molecular formula is C18H21FN4. The monoisotopic (exact) mass is 312 g/mol. The molecule has 3 rings (SSSR count). The smallest absolute Gasteiger partial charge is 0.188 e. The van der Waals surface area contributed by atoms with E-state index in [1.807, 2.05) is 30.3 Å². The van der Waals surface area contributed by atoms with Crippen molar-refractivity contribution in [3.05, 3.63) is 65.7 Å². The molecule has 1 saturated carbocycles. The largest absolute Gasteiger partial charge is 0.370 e. The maximum absolute atomic E-state index is 13.0. The van der Waals surface area contributed by atoms with Crippen LogP contribution in [-0.4, -0.2) is 24.0 Å². The number of guanidine groups is 1. The Labute approximate surface area is 135 Å². The number of pyridine rings is 1. The summed E-state index contributed by atoms with van der Waals surface area (Å²) in [5, 5.41) is 3.12. The van der Waals surface area contributed by atoms with E-state index in [4.69, 9.17) is 5.73 Å². The van der Waals surface area contributed by atoms with Gasteiger partial charge in [0.05, 0.1) is 6.54 Å². The van der Waals surface area contributed by atoms with Crippen molar-refractivity contribution in [3.63, 3.8) is 0 Å². The number of nitrogens with zero attached hydrogens (tertiary/aromatic N) is 2. The summed E-state index contributed by atoms with van der Waals surface area (Å²) in [4.78, 5) is 8.72. The van der Waals surface area contributed by atoms with Gasteiger partial charge in [0.15, 0.2) is 5.96 Å². The Morgan fingerprint density at radius 1 is 1.22 bits per heavy atom. The second-order valence-electron chi connectivity index (χ2n) is 5.99. The second kappa shape index (κ2) is 6.77. The van der Waals surface area contributed by atoms with Crippen molar-refractivity contribution in [1.82, 2.24) is 10.3 Å². The number of nitrogens with one attached hydrogen (secondary N) is 1. The number of aliphatic imine (C=N–C) groups is 1. The molecule has 0 atom stereocenters. The van der Waals surface area contributed by atoms with Crippen molar-refractivity contribution in [1.29, 1.82) is 0 Å². The van der Waals surface area contributed by atoms with Crippen LogP contribution in [0, 0.1) is 5.82 Å². The van der Waals surface area contributed by atoms with Crippen LogP contribution >= 0.6 is 0 Å². The minimum atomic E-state index is -0.205. The Hall–Kier alpha value is -2.43. The highest BCUT2D eigenvalue weighted by Gasteiger charge is 2.44. The molecule has 0 radical (unpaired) electrons. The zero-order chi connectivity index (χ0) is 16.1. The van der Waals surface area contributed by atoms with Crippen LogP contribution in [0.4, 0.5) is 4.39 Å². The fraction of sp³-hybridized carbons (Fsp3) is 0.333. The van der Waals surface area contributed by atoms with Gasteiger partial charge < -0.3 is 11.1 Å². The van der Waals surface area contributed by atoms with E-state index in [9.17, 15) is 4.39 Å². The van der Waals surface area contributed by atoms with Gasteiger partial charge in [-0.3, -0.25) is 9.98 Å². The Bertz CT molecular complexity index is 663. The zero-order valence-corrected chi connectivity index (χ0v) is 13.0. The molecular weight excluding hydrogens is 291 g/mol. The van der Waals surface area contributed by atoms with Gasteiger partial charge in [-0.25, -0.2) is 4.39 Å². The number of rotatable bonds is 6. The maximum atomic E-state index is 13.0. The highest BCUT2D eigenvalue weighted by Crippen LogP contribution is 2.48. The number of hydrogen-bond donors (Lipinski definition) is 2. The SMILES string of the molecule is NC(=NCC1(c2ccc(F)cc2)CC1)NCCc1ccccn1. The van der Waals surface area contributed by atoms with Crippen molar-refractivity contribution in [2.45, 2.75) is 24.7 Å². The molecule has 1 aliphatic carbocycles. The van der Waals surface area contributed by atoms with Crippen molar-refractivity contribution in [2.75, 3.05) is 13.1 Å². The van der Waals surface area contributed by atoms with E-state index < -0.39 is 0 Å². The summed E-state index contributed by atoms with van der Waals surface area (Å²) in [5.74, 6) is 0.248. The van der Waals surface area contributed by atoms with Crippen molar-refractivity contribution < 1.29 is 4.39 Å². The fourth-order valence-corrected chi connectivity index (χ4v) is 2.65. The Morgan fingerprint density at radius 3 is 2.65 bits per heavy atom. The average Bonchev–Trinajstić information content (AvgIpc) is 3.36. The van der Waals surface area contributed by atoms with E-state index in [1.54, 1.807) is 6.20 Å². The minimum Gasteiger partial charge on any atom is -0.370 e. The molecule has 1 aliphatic rings. The molecule has 3 N–H and O–H groups in total. The first-order valence-electron chi connectivity index (χ1n) is 7.88. The lowest BCUT2D eigenvalue weighted by Gasteiger charge is -2.14. The predicted octanol–water partition coefficient (Wildman–Crippen LogP) is 2.40. The number of halogens is 1. The van der Waals surface area contributed by atoms with Gasteiger partial charge in [0.25, 0.3) is 0 Å². The van der Waals surface area contributed by atoms with E-state index in [0.717, 1.165) is 30.5 Å². The van der Waals surface area contributed by atoms with Crippen LogP contribution < -0.4 is 11.1 Å². The highest BCUT2D eigenvalue weighted by molar-refractivity contribution is 5.77. The van der Waals surface area contributed by atoms with Crippen LogP contribution in [0.25, 0.3) is 0 Å². The molecule has 4 nitrogen and oxygen atoms in total. The van der Waals surface area contributed by atoms with Crippen molar-refractivity contribution in [2.24, 2.45) is 10.7 Å². The number of aromatic nitrogens is 1. The average molecular weight is 312 g/mol. The molecule has 0 spiro atoms. The Balaban J connectivity index is 1.50. The van der Waals surface area contributed by atoms with E-state index in [1.165, 1.54) is 12.1 Å². The van der Waals surface area contributed by atoms with E-state index in [2.05, 4.69) is 15.3 Å². The molecule has 120 valence electrons. The molecule has 1 aromatic heterocycles. The normalized spacial score (nSPS) is 16.1. The summed E-state index contributed by atoms with van der Waals surface area (Å²) >= 11 is 0. The number of benzene rings is 1. The lowest BCUT2D eigenvalue weighted by molar-refractivity contribution is 0.623. The third kappa shape index (κ3) is 4.06. The van der Waals surface area contributed by atoms with Gasteiger partial charge in [0.1, 0.15) is 5.82 Å². The molecule has 0 aliphatic heterocycles. The lowest BCUT2D eigenvalue weighted by Crippen LogP contribution is -2.34. The summed E-state index contributed by atoms with van der Waals surface area (Å²) in [6.07, 6.45) is 4.74. The molecule has 0 unspecified atom stereocenters. The Morgan fingerprint density at radius 2 is 2.00 bits per heavy atom. The summed E-state index contributed by atoms with van der Waals surface area (Å²) in [7, 11) is 0. The topological polar surface area (TPSA) is 63.3 Å². The van der Waals surface area contributed by atoms with Gasteiger partial charge >= 0.3 is 0 Å². The van der Waals surface area contributed by atoms with Crippen LogP contribution in [0.15, 0.2) is 53.7 Å². The van der Waals surface area contributed by atoms with E-state index in [0.29, 0.717) is 19.0 Å². The third-order valence-corrected chi connectivity index (χ3v) is 4.28. The quantitative estimate of drug-likeness (QED) is 0.636. The number of hydrogen-bond acceptors (Lipinski definition) is 2. The first-order valence-corrected chi connectivity index (χ1v) is 7.88. The summed E-state index contributed by atoms with van der Waals surface area (Å²) in [5.41, 5.74) is 8.14. The summed E-state index contributed by atoms with van der Waals surface area (Å²) in [6.45, 7) is 1.34. The third-order valence-electron chi connectivity index (χ3n) is 4.28. The van der Waals surface area contributed by atoms with Crippen LogP contribution in [0.3, 0.4) is 0 Å². The predicted molar refractivity (Wildman–Crippen MR) is 89.7 cm³/mol. The van der Waals surface area contributed by atoms with Gasteiger partial charge in [0, 0.05) is 30.3 Å². The fourth-order valence-electron chi connectivity index (χ4n) is 2.65. The molecule has 5 heteroatoms. The van der Waals surface area contributed by atoms with Gasteiger partial charge in [0.2, 0.25) is 0 Å². The Kier molecular flexibility index (Phi) is 4.55. The second-order valence-corrected chi connectivity index (χ2v) is 5.99. The van der Waals surface area contributed by atoms with Gasteiger partial charge in [-0.1, -0.05) is 18.2 Å². The maximum Gasteiger partial charge on any atom is 0.188 e. The highest BCUT2D eigenvalue weighted by atomic mass is 19.1. The van der Waals surface area contributed by atoms with Gasteiger partial charge in [-0.2, -0.15) is 0 Å². The molecule has 1 heterocycles. The van der Waals surface area contributed by atoms with Gasteiger partial charge in [-0.05, 0) is 42.7 Å². The van der Waals surface area contributed by atoms with Crippen LogP contribution in [0.2, 0.25) is 0 Å². The minimum absolute atomic E-state index is 0.0426.